The van der Waals surface area contributed by atoms with Crippen molar-refractivity contribution in [1.82, 2.24) is 15.5 Å². The second kappa shape index (κ2) is 6.29. The number of nitrogens with zero attached hydrogens (tertiary/aromatic N) is 2. The molecular weight excluding hydrogens is 249 g/mol. The molecule has 0 aliphatic rings. The molecule has 0 spiro atoms. The van der Waals surface area contributed by atoms with Crippen LogP contribution in [0.3, 0.4) is 0 Å². The van der Waals surface area contributed by atoms with Crippen molar-refractivity contribution in [3.63, 3.8) is 0 Å². The summed E-state index contributed by atoms with van der Waals surface area (Å²) in [5.41, 5.74) is 0.769. The van der Waals surface area contributed by atoms with Crippen molar-refractivity contribution in [1.29, 1.82) is 0 Å². The molecule has 1 heterocycles. The van der Waals surface area contributed by atoms with E-state index in [9.17, 15) is 4.39 Å². The van der Waals surface area contributed by atoms with E-state index in [2.05, 4.69) is 20.0 Å². The highest BCUT2D eigenvalue weighted by molar-refractivity contribution is 5.36. The highest BCUT2D eigenvalue weighted by Crippen LogP contribution is 2.26. The summed E-state index contributed by atoms with van der Waals surface area (Å²) in [4.78, 5) is 3.87. The van der Waals surface area contributed by atoms with Crippen LogP contribution >= 0.6 is 0 Å². The third kappa shape index (κ3) is 3.51. The zero-order valence-corrected chi connectivity index (χ0v) is 10.9. The van der Waals surface area contributed by atoms with Gasteiger partial charge in [0.05, 0.1) is 0 Å². The van der Waals surface area contributed by atoms with E-state index in [0.717, 1.165) is 12.1 Å². The summed E-state index contributed by atoms with van der Waals surface area (Å²) in [6.45, 7) is 4.94. The van der Waals surface area contributed by atoms with E-state index in [4.69, 9.17) is 4.74 Å². The van der Waals surface area contributed by atoms with E-state index in [0.29, 0.717) is 11.6 Å². The van der Waals surface area contributed by atoms with Gasteiger partial charge in [-0.25, -0.2) is 4.39 Å². The topological polar surface area (TPSA) is 60.2 Å². The van der Waals surface area contributed by atoms with Gasteiger partial charge in [-0.3, -0.25) is 0 Å². The van der Waals surface area contributed by atoms with Crippen LogP contribution in [0.15, 0.2) is 29.1 Å². The van der Waals surface area contributed by atoms with Crippen LogP contribution < -0.4 is 10.1 Å². The standard InChI is InChI=1S/C13H16FN3O2/c1-3-15-9(2)11-6-10(14)4-5-12(11)18-7-13-16-8-19-17-13/h4-6,8-9,15H,3,7H2,1-2H3. The molecule has 0 aliphatic carbocycles. The summed E-state index contributed by atoms with van der Waals surface area (Å²) in [5, 5.41) is 6.89. The monoisotopic (exact) mass is 265 g/mol. The lowest BCUT2D eigenvalue weighted by Crippen LogP contribution is -2.18. The predicted octanol–water partition coefficient (Wildman–Crippen LogP) is 2.46. The molecule has 1 unspecified atom stereocenters. The average molecular weight is 265 g/mol. The SMILES string of the molecule is CCNC(C)c1cc(F)ccc1OCc1ncon1. The Morgan fingerprint density at radius 3 is 3.00 bits per heavy atom. The van der Waals surface area contributed by atoms with E-state index >= 15 is 0 Å². The number of ether oxygens (including phenoxy) is 1. The Kier molecular flexibility index (Phi) is 4.46. The maximum Gasteiger partial charge on any atom is 0.213 e. The first-order valence-electron chi connectivity index (χ1n) is 6.11. The van der Waals surface area contributed by atoms with Gasteiger partial charge in [-0.05, 0) is 31.7 Å². The quantitative estimate of drug-likeness (QED) is 0.869. The fourth-order valence-corrected chi connectivity index (χ4v) is 1.80. The lowest BCUT2D eigenvalue weighted by atomic mass is 10.1. The number of aromatic nitrogens is 2. The Morgan fingerprint density at radius 1 is 1.47 bits per heavy atom. The first-order valence-corrected chi connectivity index (χ1v) is 6.11. The van der Waals surface area contributed by atoms with Crippen LogP contribution in [0.1, 0.15) is 31.3 Å². The molecule has 0 bridgehead atoms. The number of nitrogens with one attached hydrogen (secondary N) is 1. The Balaban J connectivity index is 2.14. The van der Waals surface area contributed by atoms with Gasteiger partial charge in [0.15, 0.2) is 6.61 Å². The van der Waals surface area contributed by atoms with E-state index in [1.165, 1.54) is 18.5 Å². The normalized spacial score (nSPS) is 12.4. The fraction of sp³-hybridized carbons (Fsp3) is 0.385. The van der Waals surface area contributed by atoms with Gasteiger partial charge in [0.2, 0.25) is 12.2 Å². The van der Waals surface area contributed by atoms with Crippen molar-refractivity contribution in [2.45, 2.75) is 26.5 Å². The zero-order valence-electron chi connectivity index (χ0n) is 10.9. The molecular formula is C13H16FN3O2. The van der Waals surface area contributed by atoms with Crippen LogP contribution in [0.2, 0.25) is 0 Å². The van der Waals surface area contributed by atoms with Crippen molar-refractivity contribution in [2.24, 2.45) is 0 Å². The average Bonchev–Trinajstić information content (AvgIpc) is 2.90. The van der Waals surface area contributed by atoms with Crippen LogP contribution in [0.5, 0.6) is 5.75 Å². The molecule has 2 rings (SSSR count). The molecule has 19 heavy (non-hydrogen) atoms. The predicted molar refractivity (Wildman–Crippen MR) is 67.1 cm³/mol. The molecule has 0 fully saturated rings. The van der Waals surface area contributed by atoms with Crippen molar-refractivity contribution < 1.29 is 13.7 Å². The van der Waals surface area contributed by atoms with Gasteiger partial charge >= 0.3 is 0 Å². The van der Waals surface area contributed by atoms with E-state index in [1.807, 2.05) is 13.8 Å². The van der Waals surface area contributed by atoms with Crippen molar-refractivity contribution in [3.05, 3.63) is 41.8 Å². The van der Waals surface area contributed by atoms with Crippen LogP contribution in [0.4, 0.5) is 4.39 Å². The lowest BCUT2D eigenvalue weighted by Gasteiger charge is -2.17. The number of halogens is 1. The first kappa shape index (κ1) is 13.5. The first-order chi connectivity index (χ1) is 9.20. The van der Waals surface area contributed by atoms with Crippen LogP contribution in [-0.4, -0.2) is 16.7 Å². The molecule has 2 aromatic rings. The smallest absolute Gasteiger partial charge is 0.213 e. The Hall–Kier alpha value is -1.95. The molecule has 0 saturated heterocycles. The van der Waals surface area contributed by atoms with Crippen molar-refractivity contribution >= 4 is 0 Å². The number of hydrogen-bond donors (Lipinski definition) is 1. The van der Waals surface area contributed by atoms with E-state index in [-0.39, 0.29) is 18.5 Å². The molecule has 1 aromatic carbocycles. The second-order valence-electron chi connectivity index (χ2n) is 4.10. The molecule has 102 valence electrons. The molecule has 6 heteroatoms. The largest absolute Gasteiger partial charge is 0.485 e. The van der Waals surface area contributed by atoms with Gasteiger partial charge in [0, 0.05) is 11.6 Å². The number of hydrogen-bond acceptors (Lipinski definition) is 5. The molecule has 0 radical (unpaired) electrons. The Bertz CT molecular complexity index is 517. The Labute approximate surface area is 110 Å². The molecule has 1 aromatic heterocycles. The minimum atomic E-state index is -0.285. The summed E-state index contributed by atoms with van der Waals surface area (Å²) in [6.07, 6.45) is 1.24. The third-order valence-corrected chi connectivity index (χ3v) is 2.71. The maximum absolute atomic E-state index is 13.3. The van der Waals surface area contributed by atoms with E-state index < -0.39 is 0 Å². The molecule has 0 saturated carbocycles. The van der Waals surface area contributed by atoms with Gasteiger partial charge < -0.3 is 14.6 Å². The zero-order chi connectivity index (χ0) is 13.7. The molecule has 5 nitrogen and oxygen atoms in total. The van der Waals surface area contributed by atoms with Crippen molar-refractivity contribution in [2.75, 3.05) is 6.54 Å². The Morgan fingerprint density at radius 2 is 2.32 bits per heavy atom. The summed E-state index contributed by atoms with van der Waals surface area (Å²) < 4.78 is 23.6. The van der Waals surface area contributed by atoms with Gasteiger partial charge in [-0.2, -0.15) is 4.98 Å². The van der Waals surface area contributed by atoms with Gasteiger partial charge in [-0.1, -0.05) is 12.1 Å². The maximum atomic E-state index is 13.3. The molecule has 0 aliphatic heterocycles. The third-order valence-electron chi connectivity index (χ3n) is 2.71. The molecule has 1 atom stereocenters. The van der Waals surface area contributed by atoms with Gasteiger partial charge in [-0.15, -0.1) is 0 Å². The summed E-state index contributed by atoms with van der Waals surface area (Å²) in [7, 11) is 0. The number of benzene rings is 1. The van der Waals surface area contributed by atoms with Gasteiger partial charge in [0.1, 0.15) is 11.6 Å². The number of rotatable bonds is 6. The summed E-state index contributed by atoms with van der Waals surface area (Å²) >= 11 is 0. The lowest BCUT2D eigenvalue weighted by molar-refractivity contribution is 0.281. The second-order valence-corrected chi connectivity index (χ2v) is 4.10. The van der Waals surface area contributed by atoms with Gasteiger partial charge in [0.25, 0.3) is 0 Å². The fourth-order valence-electron chi connectivity index (χ4n) is 1.80. The highest BCUT2D eigenvalue weighted by Gasteiger charge is 2.13. The van der Waals surface area contributed by atoms with E-state index in [1.54, 1.807) is 6.07 Å². The minimum absolute atomic E-state index is 0.000896. The van der Waals surface area contributed by atoms with Crippen LogP contribution in [0, 0.1) is 5.82 Å². The highest BCUT2D eigenvalue weighted by atomic mass is 19.1. The van der Waals surface area contributed by atoms with Crippen LogP contribution in [0.25, 0.3) is 0 Å². The molecule has 0 amide bonds. The molecule has 1 N–H and O–H groups in total. The van der Waals surface area contributed by atoms with Crippen molar-refractivity contribution in [3.8, 4) is 5.75 Å². The summed E-state index contributed by atoms with van der Waals surface area (Å²) in [6, 6.07) is 4.45. The van der Waals surface area contributed by atoms with Crippen LogP contribution in [-0.2, 0) is 6.61 Å². The summed E-state index contributed by atoms with van der Waals surface area (Å²) in [5.74, 6) is 0.776. The minimum Gasteiger partial charge on any atom is -0.485 e.